The number of alkyl halides is 1. The highest BCUT2D eigenvalue weighted by Gasteiger charge is 2.39. The molecule has 2 amide bonds. The molecule has 0 unspecified atom stereocenters. The van der Waals surface area contributed by atoms with Gasteiger partial charge in [0.1, 0.15) is 30.9 Å². The third kappa shape index (κ3) is 5.94. The summed E-state index contributed by atoms with van der Waals surface area (Å²) in [5, 5.41) is 6.64. The number of nitrogens with zero attached hydrogens (tertiary/aromatic N) is 4. The van der Waals surface area contributed by atoms with Crippen LogP contribution in [0.4, 0.5) is 20.2 Å². The normalized spacial score (nSPS) is 16.8. The molecule has 4 aromatic rings. The Morgan fingerprint density at radius 2 is 1.88 bits per heavy atom. The van der Waals surface area contributed by atoms with Gasteiger partial charge in [-0.15, -0.1) is 0 Å². The van der Waals surface area contributed by atoms with Gasteiger partial charge in [-0.05, 0) is 48.9 Å². The van der Waals surface area contributed by atoms with Crippen LogP contribution in [0.1, 0.15) is 29.3 Å². The number of anilines is 2. The largest absolute Gasteiger partial charge is 0.353 e. The van der Waals surface area contributed by atoms with Crippen molar-refractivity contribution in [2.75, 3.05) is 11.9 Å². The summed E-state index contributed by atoms with van der Waals surface area (Å²) in [5.41, 5.74) is 2.86. The minimum Gasteiger partial charge on any atom is -0.353 e. The summed E-state index contributed by atoms with van der Waals surface area (Å²) in [6.45, 7) is 0.988. The number of benzene rings is 2. The van der Waals surface area contributed by atoms with Gasteiger partial charge in [0.25, 0.3) is 0 Å². The number of halogens is 3. The number of Topliss-reactive ketones (excluding diaryl/α,β-unsaturated/α-hetero) is 1. The van der Waals surface area contributed by atoms with E-state index in [1.165, 1.54) is 30.3 Å². The molecule has 9 nitrogen and oxygen atoms in total. The second kappa shape index (κ2) is 11.4. The lowest BCUT2D eigenvalue weighted by molar-refractivity contribution is -0.139. The standard InChI is InChI=1S/C28H25ClF2N6O3/c1-16(38)24-13-36(25-3-2-21(8-23(24)25)35-22-10-32-15-33-11-22)14-27(39)37-12-20(31)7-26(37)28(40)34-9-17-4-18(29)6-19(30)5-17/h2-6,8,10-11,13,15,20,26,35H,7,9,12,14H2,1H3,(H,34,40)/t20-,26+/m1/s1. The fourth-order valence-electron chi connectivity index (χ4n) is 4.88. The third-order valence-corrected chi connectivity index (χ3v) is 6.90. The molecule has 0 saturated carbocycles. The first kappa shape index (κ1) is 27.2. The van der Waals surface area contributed by atoms with Gasteiger partial charge in [-0.2, -0.15) is 0 Å². The number of rotatable bonds is 8. The molecule has 40 heavy (non-hydrogen) atoms. The molecule has 1 saturated heterocycles. The average Bonchev–Trinajstić information content (AvgIpc) is 3.48. The fourth-order valence-corrected chi connectivity index (χ4v) is 5.13. The van der Waals surface area contributed by atoms with E-state index in [0.717, 1.165) is 6.07 Å². The smallest absolute Gasteiger partial charge is 0.243 e. The maximum absolute atomic E-state index is 14.4. The maximum Gasteiger partial charge on any atom is 0.243 e. The summed E-state index contributed by atoms with van der Waals surface area (Å²) < 4.78 is 29.7. The molecule has 0 aliphatic carbocycles. The van der Waals surface area contributed by atoms with Crippen LogP contribution in [0.25, 0.3) is 10.9 Å². The summed E-state index contributed by atoms with van der Waals surface area (Å²) in [7, 11) is 0. The van der Waals surface area contributed by atoms with Crippen molar-refractivity contribution in [3.05, 3.63) is 83.3 Å². The lowest BCUT2D eigenvalue weighted by Crippen LogP contribution is -2.46. The number of fused-ring (bicyclic) bond motifs is 1. The van der Waals surface area contributed by atoms with E-state index < -0.39 is 29.8 Å². The summed E-state index contributed by atoms with van der Waals surface area (Å²) in [6.07, 6.45) is 4.71. The highest BCUT2D eigenvalue weighted by Crippen LogP contribution is 2.28. The Hall–Kier alpha value is -4.38. The third-order valence-electron chi connectivity index (χ3n) is 6.68. The zero-order valence-electron chi connectivity index (χ0n) is 21.4. The van der Waals surface area contributed by atoms with E-state index in [1.807, 2.05) is 0 Å². The zero-order chi connectivity index (χ0) is 28.4. The Balaban J connectivity index is 1.33. The lowest BCUT2D eigenvalue weighted by Gasteiger charge is -2.24. The number of amides is 2. The molecule has 1 aliphatic heterocycles. The number of aromatic nitrogens is 3. The van der Waals surface area contributed by atoms with Crippen LogP contribution >= 0.6 is 11.6 Å². The topological polar surface area (TPSA) is 109 Å². The minimum absolute atomic E-state index is 0.0263. The van der Waals surface area contributed by atoms with Gasteiger partial charge in [-0.25, -0.2) is 18.7 Å². The van der Waals surface area contributed by atoms with E-state index in [0.29, 0.717) is 33.4 Å². The molecule has 5 rings (SSSR count). The molecule has 12 heteroatoms. The van der Waals surface area contributed by atoms with Crippen molar-refractivity contribution >= 4 is 51.5 Å². The zero-order valence-corrected chi connectivity index (χ0v) is 22.2. The van der Waals surface area contributed by atoms with Crippen LogP contribution in [-0.4, -0.2) is 55.8 Å². The van der Waals surface area contributed by atoms with Crippen LogP contribution in [0.2, 0.25) is 5.02 Å². The molecule has 1 fully saturated rings. The Morgan fingerprint density at radius 1 is 1.10 bits per heavy atom. The van der Waals surface area contributed by atoms with Gasteiger partial charge in [0, 0.05) is 46.3 Å². The van der Waals surface area contributed by atoms with Gasteiger partial charge in [-0.1, -0.05) is 11.6 Å². The van der Waals surface area contributed by atoms with Crippen molar-refractivity contribution in [3.63, 3.8) is 0 Å². The van der Waals surface area contributed by atoms with E-state index in [-0.39, 0.29) is 36.9 Å². The van der Waals surface area contributed by atoms with Crippen molar-refractivity contribution in [3.8, 4) is 0 Å². The number of carbonyl (C=O) groups is 3. The Morgan fingerprint density at radius 3 is 2.60 bits per heavy atom. The lowest BCUT2D eigenvalue weighted by atomic mass is 10.1. The van der Waals surface area contributed by atoms with E-state index in [4.69, 9.17) is 11.6 Å². The highest BCUT2D eigenvalue weighted by molar-refractivity contribution is 6.30. The Kier molecular flexibility index (Phi) is 7.74. The Labute approximate surface area is 233 Å². The highest BCUT2D eigenvalue weighted by atomic mass is 35.5. The number of likely N-dealkylation sites (tertiary alicyclic amines) is 1. The van der Waals surface area contributed by atoms with Crippen LogP contribution in [0.5, 0.6) is 0 Å². The molecular weight excluding hydrogens is 542 g/mol. The predicted octanol–water partition coefficient (Wildman–Crippen LogP) is 4.43. The van der Waals surface area contributed by atoms with Crippen LogP contribution in [0.15, 0.2) is 61.3 Å². The number of hydrogen-bond acceptors (Lipinski definition) is 6. The molecule has 0 spiro atoms. The molecule has 2 aromatic carbocycles. The van der Waals surface area contributed by atoms with Crippen molar-refractivity contribution in [2.24, 2.45) is 0 Å². The van der Waals surface area contributed by atoms with E-state index >= 15 is 0 Å². The van der Waals surface area contributed by atoms with Crippen molar-refractivity contribution in [2.45, 2.75) is 38.6 Å². The fraction of sp³-hybridized carbons (Fsp3) is 0.250. The second-order valence-electron chi connectivity index (χ2n) is 9.60. The summed E-state index contributed by atoms with van der Waals surface area (Å²) in [5.74, 6) is -1.74. The first-order chi connectivity index (χ1) is 19.2. The van der Waals surface area contributed by atoms with Gasteiger partial charge >= 0.3 is 0 Å². The van der Waals surface area contributed by atoms with Gasteiger partial charge in [0.2, 0.25) is 11.8 Å². The van der Waals surface area contributed by atoms with Crippen LogP contribution in [-0.2, 0) is 22.7 Å². The first-order valence-corrected chi connectivity index (χ1v) is 12.9. The molecule has 0 radical (unpaired) electrons. The molecule has 1 aliphatic rings. The molecule has 206 valence electrons. The van der Waals surface area contributed by atoms with Crippen LogP contribution in [0.3, 0.4) is 0 Å². The molecule has 2 aromatic heterocycles. The number of ketones is 1. The minimum atomic E-state index is -1.37. The van der Waals surface area contributed by atoms with Crippen LogP contribution in [0, 0.1) is 5.82 Å². The molecule has 2 atom stereocenters. The van der Waals surface area contributed by atoms with Gasteiger partial charge < -0.3 is 20.1 Å². The summed E-state index contributed by atoms with van der Waals surface area (Å²) >= 11 is 5.87. The van der Waals surface area contributed by atoms with E-state index in [1.54, 1.807) is 41.4 Å². The average molecular weight is 567 g/mol. The van der Waals surface area contributed by atoms with E-state index in [2.05, 4.69) is 20.6 Å². The Bertz CT molecular complexity index is 1580. The SMILES string of the molecule is CC(=O)c1cn(CC(=O)N2C[C@H](F)C[C@H]2C(=O)NCc2cc(F)cc(Cl)c2)c2ccc(Nc3cncnc3)cc12. The van der Waals surface area contributed by atoms with E-state index in [9.17, 15) is 23.2 Å². The molecule has 3 heterocycles. The monoisotopic (exact) mass is 566 g/mol. The van der Waals surface area contributed by atoms with Crippen molar-refractivity contribution < 1.29 is 23.2 Å². The summed E-state index contributed by atoms with van der Waals surface area (Å²) in [6, 6.07) is 8.24. The summed E-state index contributed by atoms with van der Waals surface area (Å²) in [4.78, 5) is 47.8. The quantitative estimate of drug-likeness (QED) is 0.306. The van der Waals surface area contributed by atoms with Crippen molar-refractivity contribution in [1.82, 2.24) is 24.8 Å². The van der Waals surface area contributed by atoms with Crippen LogP contribution < -0.4 is 10.6 Å². The number of carbonyl (C=O) groups excluding carboxylic acids is 3. The molecule has 2 N–H and O–H groups in total. The maximum atomic E-state index is 14.4. The van der Waals surface area contributed by atoms with Gasteiger partial charge in [0.05, 0.1) is 24.6 Å². The van der Waals surface area contributed by atoms with Crippen molar-refractivity contribution in [1.29, 1.82) is 0 Å². The molecular formula is C28H25ClF2N6O3. The molecule has 0 bridgehead atoms. The van der Waals surface area contributed by atoms with Gasteiger partial charge in [-0.3, -0.25) is 14.4 Å². The number of nitrogens with one attached hydrogen (secondary N) is 2. The first-order valence-electron chi connectivity index (χ1n) is 12.5. The second-order valence-corrected chi connectivity index (χ2v) is 10.0. The number of hydrogen-bond donors (Lipinski definition) is 2. The van der Waals surface area contributed by atoms with Gasteiger partial charge in [0.15, 0.2) is 5.78 Å². The predicted molar refractivity (Wildman–Crippen MR) is 146 cm³/mol.